The van der Waals surface area contributed by atoms with Crippen LogP contribution in [0.1, 0.15) is 6.42 Å². The molecule has 0 amide bonds. The third kappa shape index (κ3) is 5.00. The van der Waals surface area contributed by atoms with E-state index >= 15 is 0 Å². The van der Waals surface area contributed by atoms with E-state index < -0.39 is 22.2 Å². The van der Waals surface area contributed by atoms with Crippen molar-refractivity contribution in [2.75, 3.05) is 5.75 Å². The minimum absolute atomic E-state index is 0. The summed E-state index contributed by atoms with van der Waals surface area (Å²) < 4.78 is 39.8. The van der Waals surface area contributed by atoms with Gasteiger partial charge in [-0.15, -0.1) is 0 Å². The summed E-state index contributed by atoms with van der Waals surface area (Å²) in [5, 5.41) is 0. The monoisotopic (exact) mass is 202 g/mol. The van der Waals surface area contributed by atoms with Crippen molar-refractivity contribution in [1.82, 2.24) is 0 Å². The van der Waals surface area contributed by atoms with Gasteiger partial charge in [0.1, 0.15) is 12.5 Å². The van der Waals surface area contributed by atoms with Crippen LogP contribution in [-0.2, 0) is 19.6 Å². The molecule has 0 aliphatic carbocycles. The van der Waals surface area contributed by atoms with Crippen molar-refractivity contribution in [3.05, 3.63) is 12.5 Å². The second-order valence-electron chi connectivity index (χ2n) is 2.02. The molecule has 0 atom stereocenters. The van der Waals surface area contributed by atoms with Crippen LogP contribution in [0.2, 0.25) is 0 Å². The Balaban J connectivity index is 0.00000121. The topological polar surface area (TPSA) is 75.7 Å². The molecule has 1 heterocycles. The minimum atomic E-state index is -4.15. The summed E-state index contributed by atoms with van der Waals surface area (Å²) in [6.45, 7) is 0. The van der Waals surface area contributed by atoms with Gasteiger partial charge in [-0.05, 0) is 0 Å². The van der Waals surface area contributed by atoms with E-state index in [1.165, 1.54) is 12.5 Å². The fourth-order valence-corrected chi connectivity index (χ4v) is 1.13. The molecule has 0 aromatic carbocycles. The number of hydrogen-bond donors (Lipinski definition) is 0. The Labute approximate surface area is 92.8 Å². The molecule has 0 fully saturated rings. The SMILES string of the molecule is O=S(=O)([O-])CCC1OC=CO1.[Na+]. The van der Waals surface area contributed by atoms with Gasteiger partial charge < -0.3 is 14.0 Å². The van der Waals surface area contributed by atoms with Crippen LogP contribution >= 0.6 is 0 Å². The molecule has 1 aliphatic heterocycles. The Kier molecular flexibility index (Phi) is 5.19. The molecule has 12 heavy (non-hydrogen) atoms. The van der Waals surface area contributed by atoms with Gasteiger partial charge in [0, 0.05) is 12.2 Å². The van der Waals surface area contributed by atoms with Crippen LogP contribution in [0.5, 0.6) is 0 Å². The van der Waals surface area contributed by atoms with Crippen LogP contribution in [0.25, 0.3) is 0 Å². The Morgan fingerprint density at radius 3 is 2.25 bits per heavy atom. The van der Waals surface area contributed by atoms with Crippen LogP contribution in [0.4, 0.5) is 0 Å². The van der Waals surface area contributed by atoms with Crippen LogP contribution in [0.3, 0.4) is 0 Å². The maximum absolute atomic E-state index is 10.1. The van der Waals surface area contributed by atoms with Gasteiger partial charge in [-0.3, -0.25) is 0 Å². The average Bonchev–Trinajstić information content (AvgIpc) is 2.32. The Morgan fingerprint density at radius 1 is 1.33 bits per heavy atom. The summed E-state index contributed by atoms with van der Waals surface area (Å²) in [6, 6.07) is 0. The number of rotatable bonds is 3. The molecule has 0 N–H and O–H groups in total. The van der Waals surface area contributed by atoms with Gasteiger partial charge in [0.2, 0.25) is 6.29 Å². The predicted molar refractivity (Wildman–Crippen MR) is 34.3 cm³/mol. The van der Waals surface area contributed by atoms with E-state index in [0.717, 1.165) is 0 Å². The van der Waals surface area contributed by atoms with Gasteiger partial charge in [-0.25, -0.2) is 8.42 Å². The molecule has 0 spiro atoms. The molecule has 0 bridgehead atoms. The molecule has 0 radical (unpaired) electrons. The third-order valence-corrected chi connectivity index (χ3v) is 1.86. The summed E-state index contributed by atoms with van der Waals surface area (Å²) >= 11 is 0. The van der Waals surface area contributed by atoms with Crippen molar-refractivity contribution in [2.24, 2.45) is 0 Å². The molecular weight excluding hydrogens is 195 g/mol. The maximum Gasteiger partial charge on any atom is 1.00 e. The van der Waals surface area contributed by atoms with Crippen LogP contribution in [-0.4, -0.2) is 25.0 Å². The second kappa shape index (κ2) is 5.08. The largest absolute Gasteiger partial charge is 1.00 e. The summed E-state index contributed by atoms with van der Waals surface area (Å²) in [4.78, 5) is 0. The van der Waals surface area contributed by atoms with E-state index in [0.29, 0.717) is 0 Å². The zero-order valence-corrected chi connectivity index (χ0v) is 9.41. The Morgan fingerprint density at radius 2 is 1.83 bits per heavy atom. The first kappa shape index (κ1) is 12.2. The molecule has 0 aromatic rings. The molecule has 7 heteroatoms. The van der Waals surface area contributed by atoms with Gasteiger partial charge in [-0.2, -0.15) is 0 Å². The fourth-order valence-electron chi connectivity index (χ4n) is 0.648. The van der Waals surface area contributed by atoms with Crippen molar-refractivity contribution in [3.63, 3.8) is 0 Å². The van der Waals surface area contributed by atoms with E-state index in [9.17, 15) is 13.0 Å². The van der Waals surface area contributed by atoms with E-state index in [1.54, 1.807) is 0 Å². The van der Waals surface area contributed by atoms with Crippen molar-refractivity contribution < 1.29 is 52.0 Å². The van der Waals surface area contributed by atoms with Crippen LogP contribution in [0.15, 0.2) is 12.5 Å². The second-order valence-corrected chi connectivity index (χ2v) is 3.55. The number of ether oxygens (including phenoxy) is 2. The van der Waals surface area contributed by atoms with E-state index in [1.807, 2.05) is 0 Å². The summed E-state index contributed by atoms with van der Waals surface area (Å²) in [5.41, 5.74) is 0. The molecule has 64 valence electrons. The number of hydrogen-bond acceptors (Lipinski definition) is 5. The zero-order valence-electron chi connectivity index (χ0n) is 6.60. The molecular formula is C5H7NaO5S. The van der Waals surface area contributed by atoms with Gasteiger partial charge in [-0.1, -0.05) is 0 Å². The zero-order chi connectivity index (χ0) is 8.32. The van der Waals surface area contributed by atoms with Crippen molar-refractivity contribution in [3.8, 4) is 0 Å². The molecule has 0 aromatic heterocycles. The molecule has 0 saturated heterocycles. The fraction of sp³-hybridized carbons (Fsp3) is 0.600. The quantitative estimate of drug-likeness (QED) is 0.355. The van der Waals surface area contributed by atoms with Crippen molar-refractivity contribution in [2.45, 2.75) is 12.7 Å². The molecule has 0 saturated carbocycles. The molecule has 5 nitrogen and oxygen atoms in total. The first-order valence-corrected chi connectivity index (χ1v) is 4.55. The van der Waals surface area contributed by atoms with Gasteiger partial charge in [0.25, 0.3) is 0 Å². The third-order valence-electron chi connectivity index (χ3n) is 1.12. The summed E-state index contributed by atoms with van der Waals surface area (Å²) in [6.07, 6.45) is 2.07. The summed E-state index contributed by atoms with van der Waals surface area (Å²) in [5.74, 6) is -0.459. The van der Waals surface area contributed by atoms with Crippen LogP contribution < -0.4 is 29.6 Å². The van der Waals surface area contributed by atoms with Gasteiger partial charge in [0.15, 0.2) is 0 Å². The first-order chi connectivity index (χ1) is 5.08. The smallest absolute Gasteiger partial charge is 0.748 e. The van der Waals surface area contributed by atoms with Crippen molar-refractivity contribution in [1.29, 1.82) is 0 Å². The maximum atomic E-state index is 10.1. The molecule has 0 unspecified atom stereocenters. The van der Waals surface area contributed by atoms with Crippen molar-refractivity contribution >= 4 is 10.1 Å². The van der Waals surface area contributed by atoms with Gasteiger partial charge >= 0.3 is 29.6 Å². The van der Waals surface area contributed by atoms with Crippen LogP contribution in [0, 0.1) is 0 Å². The average molecular weight is 202 g/mol. The Hall–Kier alpha value is 0.250. The Bertz CT molecular complexity index is 239. The minimum Gasteiger partial charge on any atom is -0.748 e. The van der Waals surface area contributed by atoms with Gasteiger partial charge in [0.05, 0.1) is 10.1 Å². The van der Waals surface area contributed by atoms with E-state index in [-0.39, 0.29) is 36.0 Å². The summed E-state index contributed by atoms with van der Waals surface area (Å²) in [7, 11) is -4.15. The van der Waals surface area contributed by atoms with E-state index in [4.69, 9.17) is 9.47 Å². The normalized spacial score (nSPS) is 16.4. The first-order valence-electron chi connectivity index (χ1n) is 2.97. The van der Waals surface area contributed by atoms with E-state index in [2.05, 4.69) is 0 Å². The molecule has 1 aliphatic rings. The standard InChI is InChI=1S/C5H8O5S.Na/c6-11(7,8)4-1-5-9-2-3-10-5;/h2-3,5H,1,4H2,(H,6,7,8);/q;+1/p-1. The predicted octanol–water partition coefficient (Wildman–Crippen LogP) is -3.23. The molecule has 1 rings (SSSR count).